The number of nitrogens with zero attached hydrogens (tertiary/aromatic N) is 3. The summed E-state index contributed by atoms with van der Waals surface area (Å²) in [6.07, 6.45) is 2.61. The van der Waals surface area contributed by atoms with Crippen LogP contribution in [-0.2, 0) is 18.3 Å². The number of benzene rings is 1. The molecule has 10 nitrogen and oxygen atoms in total. The molecule has 0 bridgehead atoms. The Morgan fingerprint density at radius 1 is 1.10 bits per heavy atom. The van der Waals surface area contributed by atoms with Gasteiger partial charge < -0.3 is 29.6 Å². The number of aromatic nitrogens is 2. The predicted molar refractivity (Wildman–Crippen MR) is 152 cm³/mol. The van der Waals surface area contributed by atoms with Crippen molar-refractivity contribution < 1.29 is 23.5 Å². The number of amides is 2. The lowest BCUT2D eigenvalue weighted by Gasteiger charge is -2.34. The Labute approximate surface area is 237 Å². The van der Waals surface area contributed by atoms with Crippen molar-refractivity contribution in [1.29, 1.82) is 0 Å². The highest BCUT2D eigenvalue weighted by molar-refractivity contribution is 6.05. The first-order valence-electron chi connectivity index (χ1n) is 13.6. The van der Waals surface area contributed by atoms with Crippen LogP contribution >= 0.6 is 0 Å². The number of pyridine rings is 2. The van der Waals surface area contributed by atoms with Gasteiger partial charge in [-0.05, 0) is 65.9 Å². The van der Waals surface area contributed by atoms with Crippen molar-refractivity contribution in [3.05, 3.63) is 75.3 Å². The number of anilines is 1. The van der Waals surface area contributed by atoms with Crippen LogP contribution in [0.1, 0.15) is 50.7 Å². The number of methoxy groups -OCH3 is 2. The third-order valence-electron chi connectivity index (χ3n) is 7.27. The molecule has 2 amide bonds. The van der Waals surface area contributed by atoms with Crippen LogP contribution in [0.15, 0.2) is 47.4 Å². The monoisotopic (exact) mass is 563 g/mol. The Bertz CT molecular complexity index is 1510. The van der Waals surface area contributed by atoms with E-state index in [-0.39, 0.29) is 36.3 Å². The third-order valence-corrected chi connectivity index (χ3v) is 7.27. The Morgan fingerprint density at radius 2 is 1.88 bits per heavy atom. The predicted octanol–water partition coefficient (Wildman–Crippen LogP) is 3.12. The maximum atomic E-state index is 13.5. The van der Waals surface area contributed by atoms with E-state index < -0.39 is 17.6 Å². The molecule has 216 valence electrons. The number of carbonyl (C=O) groups is 2. The van der Waals surface area contributed by atoms with Crippen molar-refractivity contribution in [2.75, 3.05) is 45.8 Å². The van der Waals surface area contributed by atoms with Gasteiger partial charge in [-0.15, -0.1) is 0 Å². The third kappa shape index (κ3) is 6.47. The van der Waals surface area contributed by atoms with E-state index in [9.17, 15) is 18.8 Å². The molecule has 41 heavy (non-hydrogen) atoms. The van der Waals surface area contributed by atoms with Crippen LogP contribution in [0.3, 0.4) is 0 Å². The molecule has 3 aromatic rings. The molecule has 1 saturated heterocycles. The van der Waals surface area contributed by atoms with Crippen molar-refractivity contribution in [3.63, 3.8) is 0 Å². The highest BCUT2D eigenvalue weighted by atomic mass is 19.1. The lowest BCUT2D eigenvalue weighted by molar-refractivity contribution is 0.0400. The van der Waals surface area contributed by atoms with E-state index in [1.165, 1.54) is 16.6 Å². The SMILES string of the molecule is COCCNCc1cc(C(=O)Nc2cc(-c3ccc(OC)cc3C(=O)N3CC(F)C3)cc(C3CC3)n2)c(=O)n(C)c1. The molecule has 2 N–H and O–H groups in total. The average Bonchev–Trinajstić information content (AvgIpc) is 3.80. The van der Waals surface area contributed by atoms with Crippen molar-refractivity contribution >= 4 is 17.6 Å². The van der Waals surface area contributed by atoms with E-state index in [0.717, 1.165) is 24.1 Å². The van der Waals surface area contributed by atoms with Gasteiger partial charge in [0, 0.05) is 45.1 Å². The van der Waals surface area contributed by atoms with Crippen molar-refractivity contribution in [3.8, 4) is 16.9 Å². The van der Waals surface area contributed by atoms with Gasteiger partial charge in [0.15, 0.2) is 0 Å². The minimum absolute atomic E-state index is 0.00223. The molecule has 1 aliphatic carbocycles. The molecule has 0 atom stereocenters. The Hall–Kier alpha value is -4.09. The molecule has 1 saturated carbocycles. The lowest BCUT2D eigenvalue weighted by Crippen LogP contribution is -2.51. The summed E-state index contributed by atoms with van der Waals surface area (Å²) in [6.45, 7) is 1.74. The molecule has 5 rings (SSSR count). The van der Waals surface area contributed by atoms with Crippen LogP contribution < -0.4 is 20.9 Å². The normalized spacial score (nSPS) is 15.0. The quantitative estimate of drug-likeness (QED) is 0.345. The summed E-state index contributed by atoms with van der Waals surface area (Å²) in [4.78, 5) is 45.7. The number of likely N-dealkylation sites (tertiary alicyclic amines) is 1. The number of alkyl halides is 1. The highest BCUT2D eigenvalue weighted by Gasteiger charge is 2.33. The van der Waals surface area contributed by atoms with Crippen LogP contribution in [0.4, 0.5) is 10.2 Å². The fourth-order valence-corrected chi connectivity index (χ4v) is 4.83. The van der Waals surface area contributed by atoms with E-state index in [1.54, 1.807) is 50.7 Å². The summed E-state index contributed by atoms with van der Waals surface area (Å²) in [7, 11) is 4.74. The van der Waals surface area contributed by atoms with Gasteiger partial charge in [-0.25, -0.2) is 9.37 Å². The standard InChI is InChI=1S/C30H34FN5O5/c1-35-15-18(14-32-8-9-40-2)10-25(29(35)38)28(37)34-27-12-20(11-26(33-27)19-4-5-19)23-7-6-22(41-3)13-24(23)30(39)36-16-21(31)17-36/h6-7,10-13,15,19,21,32H,4-5,8-9,14,16-17H2,1-3H3,(H,33,34,37). The van der Waals surface area contributed by atoms with Crippen molar-refractivity contribution in [2.24, 2.45) is 7.05 Å². The highest BCUT2D eigenvalue weighted by Crippen LogP contribution is 2.41. The Morgan fingerprint density at radius 3 is 2.56 bits per heavy atom. The number of hydrogen-bond acceptors (Lipinski definition) is 7. The van der Waals surface area contributed by atoms with E-state index in [0.29, 0.717) is 42.1 Å². The fraction of sp³-hybridized carbons (Fsp3) is 0.400. The number of rotatable bonds is 11. The second-order valence-corrected chi connectivity index (χ2v) is 10.5. The van der Waals surface area contributed by atoms with Gasteiger partial charge in [0.05, 0.1) is 32.4 Å². The lowest BCUT2D eigenvalue weighted by atomic mass is 9.96. The second kappa shape index (κ2) is 12.2. The van der Waals surface area contributed by atoms with Gasteiger partial charge in [0.25, 0.3) is 17.4 Å². The molecule has 2 aliphatic rings. The van der Waals surface area contributed by atoms with E-state index >= 15 is 0 Å². The van der Waals surface area contributed by atoms with Gasteiger partial charge in [0.1, 0.15) is 23.3 Å². The summed E-state index contributed by atoms with van der Waals surface area (Å²) >= 11 is 0. The number of carbonyl (C=O) groups excluding carboxylic acids is 2. The first-order chi connectivity index (χ1) is 19.8. The van der Waals surface area contributed by atoms with E-state index in [2.05, 4.69) is 15.6 Å². The second-order valence-electron chi connectivity index (χ2n) is 10.5. The number of aryl methyl sites for hydroxylation is 1. The minimum Gasteiger partial charge on any atom is -0.497 e. The molecule has 2 aromatic heterocycles. The topological polar surface area (TPSA) is 115 Å². The van der Waals surface area contributed by atoms with Gasteiger partial charge in [0.2, 0.25) is 0 Å². The molecule has 11 heteroatoms. The smallest absolute Gasteiger partial charge is 0.263 e. The van der Waals surface area contributed by atoms with E-state index in [1.807, 2.05) is 6.07 Å². The molecule has 0 radical (unpaired) electrons. The maximum absolute atomic E-state index is 13.5. The van der Waals surface area contributed by atoms with E-state index in [4.69, 9.17) is 9.47 Å². The van der Waals surface area contributed by atoms with Crippen LogP contribution in [0.2, 0.25) is 0 Å². The number of halogens is 1. The molecular weight excluding hydrogens is 529 g/mol. The number of ether oxygens (including phenoxy) is 2. The largest absolute Gasteiger partial charge is 0.497 e. The summed E-state index contributed by atoms with van der Waals surface area (Å²) < 4.78 is 25.3. The Balaban J connectivity index is 1.46. The van der Waals surface area contributed by atoms with Crippen LogP contribution in [-0.4, -0.2) is 72.9 Å². The first-order valence-corrected chi connectivity index (χ1v) is 13.6. The zero-order chi connectivity index (χ0) is 29.1. The van der Waals surface area contributed by atoms with Crippen LogP contribution in [0, 0.1) is 0 Å². The molecule has 0 spiro atoms. The average molecular weight is 564 g/mol. The molecular formula is C30H34FN5O5. The molecule has 1 aliphatic heterocycles. The van der Waals surface area contributed by atoms with Crippen molar-refractivity contribution in [2.45, 2.75) is 31.5 Å². The summed E-state index contributed by atoms with van der Waals surface area (Å²) in [5.74, 6) is 0.174. The zero-order valence-electron chi connectivity index (χ0n) is 23.4. The number of nitrogens with one attached hydrogen (secondary N) is 2. The van der Waals surface area contributed by atoms with Gasteiger partial charge in [-0.1, -0.05) is 0 Å². The van der Waals surface area contributed by atoms with Crippen molar-refractivity contribution in [1.82, 2.24) is 19.8 Å². The first kappa shape index (κ1) is 28.4. The van der Waals surface area contributed by atoms with Crippen LogP contribution in [0.5, 0.6) is 5.75 Å². The number of hydrogen-bond donors (Lipinski definition) is 2. The van der Waals surface area contributed by atoms with Crippen LogP contribution in [0.25, 0.3) is 11.1 Å². The minimum atomic E-state index is -1.02. The molecule has 2 fully saturated rings. The summed E-state index contributed by atoms with van der Waals surface area (Å²) in [5, 5.41) is 6.03. The Kier molecular flexibility index (Phi) is 8.46. The van der Waals surface area contributed by atoms with Gasteiger partial charge >= 0.3 is 0 Å². The molecule has 1 aromatic carbocycles. The summed E-state index contributed by atoms with van der Waals surface area (Å²) in [5.41, 5.74) is 2.83. The summed E-state index contributed by atoms with van der Waals surface area (Å²) in [6, 6.07) is 10.4. The van der Waals surface area contributed by atoms with Gasteiger partial charge in [-0.3, -0.25) is 14.4 Å². The zero-order valence-corrected chi connectivity index (χ0v) is 23.4. The van der Waals surface area contributed by atoms with Gasteiger partial charge in [-0.2, -0.15) is 0 Å². The molecule has 3 heterocycles. The maximum Gasteiger partial charge on any atom is 0.263 e. The fourth-order valence-electron chi connectivity index (χ4n) is 4.83. The molecule has 0 unspecified atom stereocenters.